The van der Waals surface area contributed by atoms with Gasteiger partial charge in [-0.1, -0.05) is 6.07 Å². The van der Waals surface area contributed by atoms with Crippen molar-refractivity contribution < 1.29 is 26.4 Å². The average molecular weight is 419 g/mol. The van der Waals surface area contributed by atoms with E-state index < -0.39 is 21.8 Å². The van der Waals surface area contributed by atoms with E-state index >= 15 is 0 Å². The molecule has 1 aliphatic carbocycles. The van der Waals surface area contributed by atoms with Gasteiger partial charge in [0.15, 0.2) is 0 Å². The van der Waals surface area contributed by atoms with Crippen molar-refractivity contribution in [3.63, 3.8) is 0 Å². The summed E-state index contributed by atoms with van der Waals surface area (Å²) in [5.74, 6) is 0. The van der Waals surface area contributed by atoms with Crippen LogP contribution < -0.4 is 5.32 Å². The Morgan fingerprint density at radius 2 is 1.79 bits per heavy atom. The lowest BCUT2D eigenvalue weighted by Gasteiger charge is -2.38. The fraction of sp³-hybridized carbons (Fsp3) is 0.611. The lowest BCUT2D eigenvalue weighted by atomic mass is 10.1. The minimum absolute atomic E-state index is 0.180. The molecule has 0 spiro atoms. The molecular formula is C18H24F3N3O3S. The molecule has 1 aromatic carbocycles. The van der Waals surface area contributed by atoms with Crippen molar-refractivity contribution in [3.8, 4) is 0 Å². The van der Waals surface area contributed by atoms with Gasteiger partial charge in [0.2, 0.25) is 10.0 Å². The zero-order valence-electron chi connectivity index (χ0n) is 15.6. The zero-order chi connectivity index (χ0) is 20.5. The largest absolute Gasteiger partial charge is 0.416 e. The lowest BCUT2D eigenvalue weighted by molar-refractivity contribution is -0.137. The van der Waals surface area contributed by atoms with Crippen LogP contribution in [0.15, 0.2) is 29.2 Å². The molecule has 1 N–H and O–H groups in total. The normalized spacial score (nSPS) is 19.1. The lowest BCUT2D eigenvalue weighted by Crippen LogP contribution is -2.51. The van der Waals surface area contributed by atoms with Crippen LogP contribution in [0.3, 0.4) is 0 Å². The van der Waals surface area contributed by atoms with Crippen LogP contribution in [0, 0.1) is 0 Å². The first-order valence-corrected chi connectivity index (χ1v) is 10.8. The molecule has 1 heterocycles. The van der Waals surface area contributed by atoms with E-state index in [0.717, 1.165) is 12.1 Å². The number of hydrogen-bond donors (Lipinski definition) is 1. The van der Waals surface area contributed by atoms with E-state index in [0.29, 0.717) is 51.4 Å². The molecule has 1 saturated carbocycles. The first-order chi connectivity index (χ1) is 13.1. The number of nitrogens with one attached hydrogen (secondary N) is 1. The molecule has 0 bridgehead atoms. The second-order valence-electron chi connectivity index (χ2n) is 7.15. The minimum Gasteiger partial charge on any atom is -0.338 e. The third kappa shape index (κ3) is 4.43. The standard InChI is InChI=1S/C18H24F3N3O3S/c1-2-22-17(25)23-10-8-15(9-11-23)24(14-6-7-14)28(26,27)16-5-3-4-13(12-16)18(19,20)21/h3-5,12,14-15H,2,6-11H2,1H3,(H,22,25). The smallest absolute Gasteiger partial charge is 0.338 e. The second-order valence-corrected chi connectivity index (χ2v) is 8.99. The highest BCUT2D eigenvalue weighted by Crippen LogP contribution is 2.38. The summed E-state index contributed by atoms with van der Waals surface area (Å²) in [5, 5.41) is 2.72. The molecule has 28 heavy (non-hydrogen) atoms. The Labute approximate surface area is 162 Å². The van der Waals surface area contributed by atoms with Gasteiger partial charge in [0.25, 0.3) is 0 Å². The molecule has 2 amide bonds. The molecule has 2 aliphatic rings. The van der Waals surface area contributed by atoms with Gasteiger partial charge in [0, 0.05) is 31.7 Å². The first kappa shape index (κ1) is 20.9. The minimum atomic E-state index is -4.60. The molecule has 1 aromatic rings. The topological polar surface area (TPSA) is 69.7 Å². The summed E-state index contributed by atoms with van der Waals surface area (Å²) in [6.45, 7) is 3.16. The van der Waals surface area contributed by atoms with Gasteiger partial charge in [-0.3, -0.25) is 0 Å². The summed E-state index contributed by atoms with van der Waals surface area (Å²) in [6, 6.07) is 3.22. The maximum absolute atomic E-state index is 13.2. The molecular weight excluding hydrogens is 395 g/mol. The molecule has 0 unspecified atom stereocenters. The summed E-state index contributed by atoms with van der Waals surface area (Å²) in [7, 11) is -4.05. The summed E-state index contributed by atoms with van der Waals surface area (Å²) in [5.41, 5.74) is -0.977. The Bertz CT molecular complexity index is 817. The van der Waals surface area contributed by atoms with Gasteiger partial charge in [-0.2, -0.15) is 17.5 Å². The fourth-order valence-electron chi connectivity index (χ4n) is 3.56. The number of likely N-dealkylation sites (tertiary alicyclic amines) is 1. The van der Waals surface area contributed by atoms with Crippen molar-refractivity contribution in [2.45, 2.75) is 55.8 Å². The van der Waals surface area contributed by atoms with Gasteiger partial charge < -0.3 is 10.2 Å². The highest BCUT2D eigenvalue weighted by Gasteiger charge is 2.44. The molecule has 0 radical (unpaired) electrons. The number of halogens is 3. The van der Waals surface area contributed by atoms with Gasteiger partial charge in [-0.15, -0.1) is 0 Å². The van der Waals surface area contributed by atoms with E-state index in [2.05, 4.69) is 5.32 Å². The monoisotopic (exact) mass is 419 g/mol. The Morgan fingerprint density at radius 1 is 1.18 bits per heavy atom. The van der Waals surface area contributed by atoms with E-state index in [1.165, 1.54) is 10.4 Å². The average Bonchev–Trinajstić information content (AvgIpc) is 3.47. The van der Waals surface area contributed by atoms with Crippen LogP contribution in [0.5, 0.6) is 0 Å². The highest BCUT2D eigenvalue weighted by atomic mass is 32.2. The van der Waals surface area contributed by atoms with E-state index in [-0.39, 0.29) is 23.0 Å². The van der Waals surface area contributed by atoms with E-state index in [1.54, 1.807) is 4.90 Å². The van der Waals surface area contributed by atoms with Crippen LogP contribution in [0.2, 0.25) is 0 Å². The highest BCUT2D eigenvalue weighted by molar-refractivity contribution is 7.89. The van der Waals surface area contributed by atoms with Gasteiger partial charge in [0.05, 0.1) is 10.5 Å². The number of nitrogens with zero attached hydrogens (tertiary/aromatic N) is 2. The van der Waals surface area contributed by atoms with Gasteiger partial charge in [-0.05, 0) is 50.8 Å². The van der Waals surface area contributed by atoms with Crippen LogP contribution in [0.25, 0.3) is 0 Å². The molecule has 3 rings (SSSR count). The third-order valence-corrected chi connectivity index (χ3v) is 7.08. The maximum atomic E-state index is 13.2. The predicted octanol–water partition coefficient (Wildman–Crippen LogP) is 3.05. The van der Waals surface area contributed by atoms with Crippen molar-refractivity contribution >= 4 is 16.1 Å². The van der Waals surface area contributed by atoms with Crippen molar-refractivity contribution in [1.82, 2.24) is 14.5 Å². The van der Waals surface area contributed by atoms with Gasteiger partial charge in [0.1, 0.15) is 0 Å². The quantitative estimate of drug-likeness (QED) is 0.798. The fourth-order valence-corrected chi connectivity index (χ4v) is 5.54. The number of amides is 2. The molecule has 0 aromatic heterocycles. The van der Waals surface area contributed by atoms with Crippen molar-refractivity contribution in [1.29, 1.82) is 0 Å². The number of piperidine rings is 1. The number of rotatable bonds is 5. The summed E-state index contributed by atoms with van der Waals surface area (Å²) >= 11 is 0. The molecule has 2 fully saturated rings. The van der Waals surface area contributed by atoms with Crippen molar-refractivity contribution in [2.24, 2.45) is 0 Å². The SMILES string of the molecule is CCNC(=O)N1CCC(N(C2CC2)S(=O)(=O)c2cccc(C(F)(F)F)c2)CC1. The Balaban J connectivity index is 1.80. The zero-order valence-corrected chi connectivity index (χ0v) is 16.4. The van der Waals surface area contributed by atoms with Crippen LogP contribution >= 0.6 is 0 Å². The molecule has 10 heteroatoms. The van der Waals surface area contributed by atoms with Crippen LogP contribution in [-0.2, 0) is 16.2 Å². The summed E-state index contributed by atoms with van der Waals surface area (Å²) in [6.07, 6.45) is -2.27. The van der Waals surface area contributed by atoms with Gasteiger partial charge >= 0.3 is 12.2 Å². The third-order valence-electron chi connectivity index (χ3n) is 5.08. The van der Waals surface area contributed by atoms with E-state index in [9.17, 15) is 26.4 Å². The van der Waals surface area contributed by atoms with Crippen molar-refractivity contribution in [3.05, 3.63) is 29.8 Å². The Morgan fingerprint density at radius 3 is 2.32 bits per heavy atom. The summed E-state index contributed by atoms with van der Waals surface area (Å²) < 4.78 is 66.8. The van der Waals surface area contributed by atoms with Crippen molar-refractivity contribution in [2.75, 3.05) is 19.6 Å². The van der Waals surface area contributed by atoms with Crippen LogP contribution in [0.1, 0.15) is 38.2 Å². The molecule has 6 nitrogen and oxygen atoms in total. The van der Waals surface area contributed by atoms with E-state index in [4.69, 9.17) is 0 Å². The predicted molar refractivity (Wildman–Crippen MR) is 97.2 cm³/mol. The summed E-state index contributed by atoms with van der Waals surface area (Å²) in [4.78, 5) is 13.3. The molecule has 156 valence electrons. The van der Waals surface area contributed by atoms with Gasteiger partial charge in [-0.25, -0.2) is 13.2 Å². The first-order valence-electron chi connectivity index (χ1n) is 9.38. The van der Waals surface area contributed by atoms with Crippen LogP contribution in [0.4, 0.5) is 18.0 Å². The Hall–Kier alpha value is -1.81. The molecule has 1 saturated heterocycles. The Kier molecular flexibility index (Phi) is 5.90. The van der Waals surface area contributed by atoms with E-state index in [1.807, 2.05) is 6.92 Å². The number of hydrogen-bond acceptors (Lipinski definition) is 3. The van der Waals surface area contributed by atoms with Crippen LogP contribution in [-0.4, -0.2) is 55.4 Å². The molecule has 1 aliphatic heterocycles. The number of sulfonamides is 1. The number of alkyl halides is 3. The molecule has 0 atom stereocenters. The second kappa shape index (κ2) is 7.90. The number of carbonyl (C=O) groups is 1. The number of benzene rings is 1. The number of urea groups is 1. The number of carbonyl (C=O) groups excluding carboxylic acids is 1. The maximum Gasteiger partial charge on any atom is 0.416 e.